The summed E-state index contributed by atoms with van der Waals surface area (Å²) in [6.45, 7) is 16.0. The second kappa shape index (κ2) is 8.75. The summed E-state index contributed by atoms with van der Waals surface area (Å²) in [5, 5.41) is 0. The molecule has 0 unspecified atom stereocenters. The molecule has 0 atom stereocenters. The topological polar surface area (TPSA) is 54.0 Å². The maximum Gasteiger partial charge on any atom is 0.195 e. The molecule has 0 spiro atoms. The van der Waals surface area contributed by atoms with E-state index < -0.39 is 11.2 Å². The van der Waals surface area contributed by atoms with Crippen LogP contribution in [0.5, 0.6) is 0 Å². The van der Waals surface area contributed by atoms with Crippen molar-refractivity contribution in [2.24, 2.45) is 0 Å². The summed E-state index contributed by atoms with van der Waals surface area (Å²) in [4.78, 5) is 12.8. The van der Waals surface area contributed by atoms with Gasteiger partial charge in [0.1, 0.15) is 11.2 Å². The number of carbonyl (C=O) groups is 1. The van der Waals surface area contributed by atoms with Gasteiger partial charge in [0.2, 0.25) is 0 Å². The largest absolute Gasteiger partial charge is 0.379 e. The Hall–Kier alpha value is -0.490. The highest BCUT2D eigenvalue weighted by molar-refractivity contribution is 5.93. The molecule has 0 aromatic heterocycles. The number of carbonyl (C=O) groups excluding carboxylic acids is 1. The summed E-state index contributed by atoms with van der Waals surface area (Å²) in [6.07, 6.45) is 1.42. The summed E-state index contributed by atoms with van der Waals surface area (Å²) < 4.78 is 22.4. The lowest BCUT2D eigenvalue weighted by atomic mass is 9.90. The quantitative estimate of drug-likeness (QED) is 0.538. The Balaban J connectivity index is 4.60. The van der Waals surface area contributed by atoms with E-state index in [0.717, 1.165) is 0 Å². The second-order valence-corrected chi connectivity index (χ2v) is 8.47. The van der Waals surface area contributed by atoms with E-state index in [0.29, 0.717) is 26.1 Å². The van der Waals surface area contributed by atoms with Gasteiger partial charge >= 0.3 is 0 Å². The Bertz CT molecular complexity index is 361. The zero-order chi connectivity index (χ0) is 19.2. The van der Waals surface area contributed by atoms with Crippen molar-refractivity contribution in [3.63, 3.8) is 0 Å². The third-order valence-electron chi connectivity index (χ3n) is 4.53. The smallest absolute Gasteiger partial charge is 0.195 e. The van der Waals surface area contributed by atoms with E-state index in [2.05, 4.69) is 0 Å². The summed E-state index contributed by atoms with van der Waals surface area (Å²) in [5.41, 5.74) is -2.36. The lowest BCUT2D eigenvalue weighted by molar-refractivity contribution is -0.165. The van der Waals surface area contributed by atoms with E-state index in [1.807, 2.05) is 27.7 Å². The van der Waals surface area contributed by atoms with Crippen LogP contribution >= 0.6 is 0 Å². The molecular weight excluding hydrogens is 308 g/mol. The van der Waals surface area contributed by atoms with Crippen molar-refractivity contribution in [3.8, 4) is 0 Å². The Morgan fingerprint density at radius 2 is 0.958 bits per heavy atom. The Labute approximate surface area is 148 Å². The number of ketones is 1. The number of ether oxygens (including phenoxy) is 4. The molecule has 24 heavy (non-hydrogen) atoms. The number of methoxy groups -OCH3 is 2. The van der Waals surface area contributed by atoms with E-state index in [4.69, 9.17) is 18.9 Å². The van der Waals surface area contributed by atoms with Gasteiger partial charge in [-0.05, 0) is 68.2 Å². The summed E-state index contributed by atoms with van der Waals surface area (Å²) in [7, 11) is 3.35. The highest BCUT2D eigenvalue weighted by Gasteiger charge is 2.41. The lowest BCUT2D eigenvalue weighted by Crippen LogP contribution is -2.50. The average Bonchev–Trinajstić information content (AvgIpc) is 2.45. The van der Waals surface area contributed by atoms with Crippen molar-refractivity contribution < 1.29 is 23.7 Å². The first-order chi connectivity index (χ1) is 10.7. The van der Waals surface area contributed by atoms with Gasteiger partial charge in [-0.1, -0.05) is 0 Å². The van der Waals surface area contributed by atoms with Crippen LogP contribution in [0.1, 0.15) is 68.2 Å². The fraction of sp³-hybridized carbons (Fsp3) is 0.947. The van der Waals surface area contributed by atoms with E-state index >= 15 is 0 Å². The average molecular weight is 347 g/mol. The van der Waals surface area contributed by atoms with Crippen LogP contribution in [0, 0.1) is 0 Å². The normalized spacial score (nSPS) is 14.1. The molecule has 0 rings (SSSR count). The number of Topliss-reactive ketones (excluding diaryl/α,β-unsaturated/α-hetero) is 1. The van der Waals surface area contributed by atoms with E-state index in [1.54, 1.807) is 41.9 Å². The fourth-order valence-corrected chi connectivity index (χ4v) is 2.16. The van der Waals surface area contributed by atoms with Gasteiger partial charge in [0, 0.05) is 14.2 Å². The maximum atomic E-state index is 12.8. The zero-order valence-electron chi connectivity index (χ0n) is 17.4. The molecular formula is C19H38O5. The van der Waals surface area contributed by atoms with E-state index in [9.17, 15) is 4.79 Å². The van der Waals surface area contributed by atoms with Gasteiger partial charge in [-0.25, -0.2) is 0 Å². The zero-order valence-corrected chi connectivity index (χ0v) is 17.4. The van der Waals surface area contributed by atoms with Crippen LogP contribution in [0.2, 0.25) is 0 Å². The molecule has 0 heterocycles. The third kappa shape index (κ3) is 8.06. The second-order valence-electron chi connectivity index (χ2n) is 8.47. The number of rotatable bonds is 12. The first-order valence-electron chi connectivity index (χ1n) is 8.62. The third-order valence-corrected chi connectivity index (χ3v) is 4.53. The molecule has 0 amide bonds. The monoisotopic (exact) mass is 346 g/mol. The van der Waals surface area contributed by atoms with Crippen LogP contribution in [0.4, 0.5) is 0 Å². The Morgan fingerprint density at radius 3 is 1.21 bits per heavy atom. The Kier molecular flexibility index (Phi) is 8.57. The van der Waals surface area contributed by atoms with Gasteiger partial charge in [0.25, 0.3) is 0 Å². The highest BCUT2D eigenvalue weighted by atomic mass is 16.5. The van der Waals surface area contributed by atoms with Crippen LogP contribution in [-0.2, 0) is 23.7 Å². The minimum atomic E-state index is -0.913. The van der Waals surface area contributed by atoms with Crippen molar-refractivity contribution in [3.05, 3.63) is 0 Å². The first kappa shape index (κ1) is 23.5. The molecule has 144 valence electrons. The standard InChI is InChI=1S/C19H38O5/c1-16(2,21-9)11-13-23-18(5,6)15(20)19(7,8)24-14-12-17(3,4)22-10/h11-14H2,1-10H3. The first-order valence-corrected chi connectivity index (χ1v) is 8.62. The van der Waals surface area contributed by atoms with Crippen molar-refractivity contribution in [1.29, 1.82) is 0 Å². The van der Waals surface area contributed by atoms with Gasteiger partial charge < -0.3 is 18.9 Å². The molecule has 0 radical (unpaired) electrons. The molecule has 0 aliphatic heterocycles. The van der Waals surface area contributed by atoms with Crippen molar-refractivity contribution in [2.45, 2.75) is 90.6 Å². The van der Waals surface area contributed by atoms with Gasteiger partial charge in [-0.2, -0.15) is 0 Å². The number of hydrogen-bond donors (Lipinski definition) is 0. The predicted octanol–water partition coefficient (Wildman–Crippen LogP) is 3.78. The molecule has 0 saturated heterocycles. The van der Waals surface area contributed by atoms with Crippen molar-refractivity contribution in [2.75, 3.05) is 27.4 Å². The maximum absolute atomic E-state index is 12.8. The van der Waals surface area contributed by atoms with Crippen molar-refractivity contribution >= 4 is 5.78 Å². The van der Waals surface area contributed by atoms with E-state index in [1.165, 1.54) is 0 Å². The molecule has 0 N–H and O–H groups in total. The van der Waals surface area contributed by atoms with Gasteiger partial charge in [0.15, 0.2) is 5.78 Å². The van der Waals surface area contributed by atoms with Crippen LogP contribution in [0.15, 0.2) is 0 Å². The molecule has 0 aromatic rings. The van der Waals surface area contributed by atoms with Gasteiger partial charge in [-0.3, -0.25) is 4.79 Å². The van der Waals surface area contributed by atoms with Gasteiger partial charge in [-0.15, -0.1) is 0 Å². The Morgan fingerprint density at radius 1 is 0.667 bits per heavy atom. The van der Waals surface area contributed by atoms with Crippen molar-refractivity contribution in [1.82, 2.24) is 0 Å². The SMILES string of the molecule is COC(C)(C)CCOC(C)(C)C(=O)C(C)(C)OCCC(C)(C)OC. The summed E-state index contributed by atoms with van der Waals surface area (Å²) >= 11 is 0. The summed E-state index contributed by atoms with van der Waals surface area (Å²) in [5.74, 6) is -0.0690. The molecule has 0 bridgehead atoms. The highest BCUT2D eigenvalue weighted by Crippen LogP contribution is 2.25. The molecule has 0 aliphatic rings. The molecule has 0 fully saturated rings. The van der Waals surface area contributed by atoms with Crippen LogP contribution in [0.3, 0.4) is 0 Å². The molecule has 0 aliphatic carbocycles. The predicted molar refractivity (Wildman–Crippen MR) is 96.5 cm³/mol. The molecule has 5 nitrogen and oxygen atoms in total. The van der Waals surface area contributed by atoms with E-state index in [-0.39, 0.29) is 17.0 Å². The fourth-order valence-electron chi connectivity index (χ4n) is 2.16. The van der Waals surface area contributed by atoms with Gasteiger partial charge in [0.05, 0.1) is 24.4 Å². The number of hydrogen-bond acceptors (Lipinski definition) is 5. The van der Waals surface area contributed by atoms with Crippen LogP contribution in [0.25, 0.3) is 0 Å². The summed E-state index contributed by atoms with van der Waals surface area (Å²) in [6, 6.07) is 0. The molecule has 0 aromatic carbocycles. The minimum Gasteiger partial charge on any atom is -0.379 e. The van der Waals surface area contributed by atoms with Crippen LogP contribution < -0.4 is 0 Å². The minimum absolute atomic E-state index is 0.0690. The molecule has 5 heteroatoms. The molecule has 0 saturated carbocycles. The lowest BCUT2D eigenvalue weighted by Gasteiger charge is -2.35. The van der Waals surface area contributed by atoms with Crippen LogP contribution in [-0.4, -0.2) is 55.6 Å².